The van der Waals surface area contributed by atoms with Crippen LogP contribution in [0, 0.1) is 5.92 Å². The minimum Gasteiger partial charge on any atom is -0.338 e. The molecular weight excluding hydrogens is 278 g/mol. The average molecular weight is 297 g/mol. The maximum absolute atomic E-state index is 12.4. The maximum atomic E-state index is 12.4. The summed E-state index contributed by atoms with van der Waals surface area (Å²) in [5, 5.41) is 12.7. The van der Waals surface area contributed by atoms with Gasteiger partial charge in [-0.3, -0.25) is 4.79 Å². The highest BCUT2D eigenvalue weighted by Gasteiger charge is 2.30. The Hall–Kier alpha value is -2.24. The zero-order valence-electron chi connectivity index (χ0n) is 12.4. The van der Waals surface area contributed by atoms with Crippen LogP contribution in [-0.4, -0.2) is 44.1 Å². The largest absolute Gasteiger partial charge is 0.338 e. The lowest BCUT2D eigenvalue weighted by atomic mass is 10.1. The predicted octanol–water partition coefficient (Wildman–Crippen LogP) is 1.71. The summed E-state index contributed by atoms with van der Waals surface area (Å²) in [6, 6.07) is 9.48. The van der Waals surface area contributed by atoms with Crippen molar-refractivity contribution in [3.05, 3.63) is 41.7 Å². The van der Waals surface area contributed by atoms with Crippen LogP contribution in [0.4, 0.5) is 0 Å². The van der Waals surface area contributed by atoms with E-state index in [9.17, 15) is 4.79 Å². The van der Waals surface area contributed by atoms with Gasteiger partial charge in [0.05, 0.1) is 6.54 Å². The fourth-order valence-corrected chi connectivity index (χ4v) is 3.00. The molecule has 6 heteroatoms. The molecule has 0 unspecified atom stereocenters. The normalized spacial score (nSPS) is 21.3. The number of aromatic nitrogens is 4. The van der Waals surface area contributed by atoms with Crippen molar-refractivity contribution in [3.63, 3.8) is 0 Å². The van der Waals surface area contributed by atoms with Crippen molar-refractivity contribution in [1.29, 1.82) is 0 Å². The van der Waals surface area contributed by atoms with E-state index in [1.165, 1.54) is 12.8 Å². The SMILES string of the molecule is O=C(c1ccccc1)N1CC[C@H](Cn2nnc(C3CC3)n2)C1. The molecule has 114 valence electrons. The van der Waals surface area contributed by atoms with Crippen LogP contribution < -0.4 is 0 Å². The van der Waals surface area contributed by atoms with Crippen LogP contribution >= 0.6 is 0 Å². The van der Waals surface area contributed by atoms with Gasteiger partial charge < -0.3 is 4.90 Å². The van der Waals surface area contributed by atoms with E-state index in [2.05, 4.69) is 15.4 Å². The third-order valence-electron chi connectivity index (χ3n) is 4.43. The molecule has 0 N–H and O–H groups in total. The zero-order chi connectivity index (χ0) is 14.9. The van der Waals surface area contributed by atoms with Crippen LogP contribution in [-0.2, 0) is 6.54 Å². The van der Waals surface area contributed by atoms with E-state index in [1.807, 2.05) is 35.2 Å². The fourth-order valence-electron chi connectivity index (χ4n) is 3.00. The van der Waals surface area contributed by atoms with Crippen molar-refractivity contribution in [2.24, 2.45) is 5.92 Å². The van der Waals surface area contributed by atoms with E-state index >= 15 is 0 Å². The third kappa shape index (κ3) is 2.73. The van der Waals surface area contributed by atoms with Crippen LogP contribution in [0.3, 0.4) is 0 Å². The average Bonchev–Trinajstić information content (AvgIpc) is 3.13. The van der Waals surface area contributed by atoms with E-state index in [-0.39, 0.29) is 5.91 Å². The molecule has 1 aromatic carbocycles. The fraction of sp³-hybridized carbons (Fsp3) is 0.500. The monoisotopic (exact) mass is 297 g/mol. The van der Waals surface area contributed by atoms with Gasteiger partial charge in [-0.15, -0.1) is 10.2 Å². The summed E-state index contributed by atoms with van der Waals surface area (Å²) in [6.07, 6.45) is 3.38. The topological polar surface area (TPSA) is 63.9 Å². The second-order valence-electron chi connectivity index (χ2n) is 6.25. The van der Waals surface area contributed by atoms with E-state index < -0.39 is 0 Å². The number of tetrazole rings is 1. The molecular formula is C16H19N5O. The number of likely N-dealkylation sites (tertiary alicyclic amines) is 1. The van der Waals surface area contributed by atoms with Crippen LogP contribution in [0.15, 0.2) is 30.3 Å². The Morgan fingerprint density at radius 2 is 2.00 bits per heavy atom. The van der Waals surface area contributed by atoms with Gasteiger partial charge in [0.1, 0.15) is 0 Å². The smallest absolute Gasteiger partial charge is 0.253 e. The Kier molecular flexibility index (Phi) is 3.36. The van der Waals surface area contributed by atoms with Crippen molar-refractivity contribution in [3.8, 4) is 0 Å². The molecule has 1 aliphatic heterocycles. The van der Waals surface area contributed by atoms with E-state index in [0.29, 0.717) is 11.8 Å². The number of hydrogen-bond acceptors (Lipinski definition) is 4. The summed E-state index contributed by atoms with van der Waals surface area (Å²) in [4.78, 5) is 16.1. The molecule has 6 nitrogen and oxygen atoms in total. The highest BCUT2D eigenvalue weighted by atomic mass is 16.2. The maximum Gasteiger partial charge on any atom is 0.253 e. The van der Waals surface area contributed by atoms with Crippen molar-refractivity contribution in [1.82, 2.24) is 25.1 Å². The van der Waals surface area contributed by atoms with Crippen LogP contribution in [0.1, 0.15) is 41.4 Å². The molecule has 2 aromatic rings. The van der Waals surface area contributed by atoms with Gasteiger partial charge >= 0.3 is 0 Å². The Labute approximate surface area is 129 Å². The van der Waals surface area contributed by atoms with Gasteiger partial charge in [-0.05, 0) is 42.5 Å². The summed E-state index contributed by atoms with van der Waals surface area (Å²) in [6.45, 7) is 2.33. The molecule has 1 amide bonds. The summed E-state index contributed by atoms with van der Waals surface area (Å²) in [7, 11) is 0. The molecule has 1 aliphatic carbocycles. The molecule has 0 bridgehead atoms. The summed E-state index contributed by atoms with van der Waals surface area (Å²) in [5.41, 5.74) is 0.762. The Bertz CT molecular complexity index is 664. The Morgan fingerprint density at radius 1 is 1.18 bits per heavy atom. The van der Waals surface area contributed by atoms with Crippen molar-refractivity contribution < 1.29 is 4.79 Å². The quantitative estimate of drug-likeness (QED) is 0.862. The Balaban J connectivity index is 1.36. The molecule has 22 heavy (non-hydrogen) atoms. The van der Waals surface area contributed by atoms with E-state index in [4.69, 9.17) is 0 Å². The summed E-state index contributed by atoms with van der Waals surface area (Å²) < 4.78 is 0. The summed E-state index contributed by atoms with van der Waals surface area (Å²) in [5.74, 6) is 1.95. The number of carbonyl (C=O) groups excluding carboxylic acids is 1. The molecule has 1 atom stereocenters. The van der Waals surface area contributed by atoms with Gasteiger partial charge in [0, 0.05) is 24.6 Å². The molecule has 2 fully saturated rings. The number of benzene rings is 1. The van der Waals surface area contributed by atoms with Gasteiger partial charge in [-0.1, -0.05) is 18.2 Å². The van der Waals surface area contributed by atoms with Crippen molar-refractivity contribution in [2.45, 2.75) is 31.7 Å². The zero-order valence-corrected chi connectivity index (χ0v) is 12.4. The molecule has 2 aliphatic rings. The minimum atomic E-state index is 0.119. The van der Waals surface area contributed by atoms with E-state index in [1.54, 1.807) is 4.80 Å². The van der Waals surface area contributed by atoms with Gasteiger partial charge in [0.15, 0.2) is 5.82 Å². The summed E-state index contributed by atoms with van der Waals surface area (Å²) >= 11 is 0. The number of amides is 1. The number of carbonyl (C=O) groups is 1. The standard InChI is InChI=1S/C16H19N5O/c22-16(14-4-2-1-3-5-14)20-9-8-12(10-20)11-21-18-15(17-19-21)13-6-7-13/h1-5,12-13H,6-11H2/t12-/m0/s1. The predicted molar refractivity (Wildman–Crippen MR) is 80.2 cm³/mol. The highest BCUT2D eigenvalue weighted by Crippen LogP contribution is 2.37. The number of hydrogen-bond donors (Lipinski definition) is 0. The Morgan fingerprint density at radius 3 is 2.77 bits per heavy atom. The van der Waals surface area contributed by atoms with Crippen molar-refractivity contribution >= 4 is 5.91 Å². The lowest BCUT2D eigenvalue weighted by molar-refractivity contribution is 0.0785. The van der Waals surface area contributed by atoms with Crippen LogP contribution in [0.2, 0.25) is 0 Å². The van der Waals surface area contributed by atoms with Crippen LogP contribution in [0.5, 0.6) is 0 Å². The van der Waals surface area contributed by atoms with Gasteiger partial charge in [-0.25, -0.2) is 0 Å². The second-order valence-corrected chi connectivity index (χ2v) is 6.25. The molecule has 0 radical (unpaired) electrons. The first kappa shape index (κ1) is 13.4. The lowest BCUT2D eigenvalue weighted by Crippen LogP contribution is -2.29. The first-order valence-corrected chi connectivity index (χ1v) is 7.91. The molecule has 1 saturated heterocycles. The van der Waals surface area contributed by atoms with Gasteiger partial charge in [0.25, 0.3) is 5.91 Å². The van der Waals surface area contributed by atoms with Crippen LogP contribution in [0.25, 0.3) is 0 Å². The molecule has 4 rings (SSSR count). The third-order valence-corrected chi connectivity index (χ3v) is 4.43. The van der Waals surface area contributed by atoms with Crippen molar-refractivity contribution in [2.75, 3.05) is 13.1 Å². The highest BCUT2D eigenvalue weighted by molar-refractivity contribution is 5.94. The lowest BCUT2D eigenvalue weighted by Gasteiger charge is -2.16. The first-order valence-electron chi connectivity index (χ1n) is 7.91. The minimum absolute atomic E-state index is 0.119. The molecule has 1 aromatic heterocycles. The number of rotatable bonds is 4. The van der Waals surface area contributed by atoms with E-state index in [0.717, 1.165) is 37.4 Å². The molecule has 1 saturated carbocycles. The van der Waals surface area contributed by atoms with Gasteiger partial charge in [-0.2, -0.15) is 4.80 Å². The first-order chi connectivity index (χ1) is 10.8. The molecule has 0 spiro atoms. The van der Waals surface area contributed by atoms with Gasteiger partial charge in [0.2, 0.25) is 0 Å². The molecule has 2 heterocycles. The number of nitrogens with zero attached hydrogens (tertiary/aromatic N) is 5. The second kappa shape index (κ2) is 5.51.